The molecule has 3 heterocycles. The van der Waals surface area contributed by atoms with Gasteiger partial charge in [0, 0.05) is 43.1 Å². The van der Waals surface area contributed by atoms with Crippen molar-refractivity contribution in [2.45, 2.75) is 19.9 Å². The van der Waals surface area contributed by atoms with E-state index < -0.39 is 0 Å². The molecule has 2 aromatic heterocycles. The molecule has 6 nitrogen and oxygen atoms in total. The number of aromatic nitrogens is 4. The van der Waals surface area contributed by atoms with Crippen LogP contribution >= 0.6 is 11.6 Å². The van der Waals surface area contributed by atoms with E-state index in [0.717, 1.165) is 72.5 Å². The molecule has 0 atom stereocenters. The highest BCUT2D eigenvalue weighted by atomic mass is 35.5. The maximum Gasteiger partial charge on any atom is 0.229 e. The summed E-state index contributed by atoms with van der Waals surface area (Å²) in [6.07, 6.45) is 1.08. The van der Waals surface area contributed by atoms with Crippen LogP contribution in [0.3, 0.4) is 0 Å². The predicted octanol–water partition coefficient (Wildman–Crippen LogP) is 3.95. The van der Waals surface area contributed by atoms with Gasteiger partial charge in [0.1, 0.15) is 5.82 Å². The standard InChI is InChI=1S/C22H23ClN6/c1-16-24-21-19-5-2-3-6-20(19)25-22(29(21)26-16)28-12-4-11-27(13-14-28)15-17-7-9-18(23)10-8-17/h2-3,5-10H,4,11-15H2,1H3. The van der Waals surface area contributed by atoms with Crippen molar-refractivity contribution in [3.8, 4) is 0 Å². The molecule has 148 valence electrons. The molecule has 29 heavy (non-hydrogen) atoms. The predicted molar refractivity (Wildman–Crippen MR) is 117 cm³/mol. The fourth-order valence-corrected chi connectivity index (χ4v) is 4.15. The molecule has 0 unspecified atom stereocenters. The average Bonchev–Trinajstić information content (AvgIpc) is 2.98. The first kappa shape index (κ1) is 18.3. The van der Waals surface area contributed by atoms with Crippen LogP contribution in [0.2, 0.25) is 5.02 Å². The lowest BCUT2D eigenvalue weighted by atomic mass is 10.2. The number of anilines is 1. The molecule has 1 aliphatic heterocycles. The van der Waals surface area contributed by atoms with Gasteiger partial charge >= 0.3 is 0 Å². The van der Waals surface area contributed by atoms with Crippen LogP contribution < -0.4 is 4.90 Å². The molecule has 0 spiro atoms. The number of nitrogens with zero attached hydrogens (tertiary/aromatic N) is 6. The Morgan fingerprint density at radius 1 is 0.931 bits per heavy atom. The van der Waals surface area contributed by atoms with Gasteiger partial charge in [0.05, 0.1) is 5.52 Å². The van der Waals surface area contributed by atoms with Crippen molar-refractivity contribution in [2.24, 2.45) is 0 Å². The number of hydrogen-bond donors (Lipinski definition) is 0. The van der Waals surface area contributed by atoms with E-state index in [1.54, 1.807) is 0 Å². The van der Waals surface area contributed by atoms with Crippen molar-refractivity contribution in [2.75, 3.05) is 31.1 Å². The van der Waals surface area contributed by atoms with Crippen molar-refractivity contribution in [1.82, 2.24) is 24.5 Å². The van der Waals surface area contributed by atoms with E-state index in [2.05, 4.69) is 38.1 Å². The number of aryl methyl sites for hydroxylation is 1. The van der Waals surface area contributed by atoms with E-state index in [-0.39, 0.29) is 0 Å². The van der Waals surface area contributed by atoms with Gasteiger partial charge in [0.15, 0.2) is 5.65 Å². The molecule has 0 saturated carbocycles. The Morgan fingerprint density at radius 3 is 2.62 bits per heavy atom. The Bertz CT molecular complexity index is 1150. The number of hydrogen-bond acceptors (Lipinski definition) is 5. The smallest absolute Gasteiger partial charge is 0.229 e. The summed E-state index contributed by atoms with van der Waals surface area (Å²) in [4.78, 5) is 14.5. The minimum absolute atomic E-state index is 0.767. The van der Waals surface area contributed by atoms with Crippen molar-refractivity contribution in [1.29, 1.82) is 0 Å². The summed E-state index contributed by atoms with van der Waals surface area (Å²) in [5.41, 5.74) is 3.14. The zero-order valence-electron chi connectivity index (χ0n) is 16.4. The highest BCUT2D eigenvalue weighted by Gasteiger charge is 2.21. The maximum absolute atomic E-state index is 6.02. The summed E-state index contributed by atoms with van der Waals surface area (Å²) >= 11 is 6.02. The number of rotatable bonds is 3. The van der Waals surface area contributed by atoms with Crippen molar-refractivity contribution in [3.63, 3.8) is 0 Å². The first-order chi connectivity index (χ1) is 14.2. The molecule has 2 aromatic carbocycles. The van der Waals surface area contributed by atoms with Gasteiger partial charge in [-0.2, -0.15) is 4.52 Å². The second-order valence-corrected chi connectivity index (χ2v) is 8.00. The molecular formula is C22H23ClN6. The van der Waals surface area contributed by atoms with Crippen molar-refractivity contribution in [3.05, 3.63) is 64.9 Å². The lowest BCUT2D eigenvalue weighted by Crippen LogP contribution is -2.32. The van der Waals surface area contributed by atoms with E-state index in [9.17, 15) is 0 Å². The molecule has 4 aromatic rings. The molecule has 0 aliphatic carbocycles. The molecule has 0 bridgehead atoms. The van der Waals surface area contributed by atoms with Crippen LogP contribution in [0.5, 0.6) is 0 Å². The third-order valence-electron chi connectivity index (χ3n) is 5.46. The molecule has 1 aliphatic rings. The highest BCUT2D eigenvalue weighted by molar-refractivity contribution is 6.30. The largest absolute Gasteiger partial charge is 0.339 e. The van der Waals surface area contributed by atoms with Crippen molar-refractivity contribution >= 4 is 34.1 Å². The van der Waals surface area contributed by atoms with E-state index in [4.69, 9.17) is 16.6 Å². The third-order valence-corrected chi connectivity index (χ3v) is 5.71. The zero-order valence-corrected chi connectivity index (χ0v) is 17.2. The number of halogens is 1. The van der Waals surface area contributed by atoms with Crippen molar-refractivity contribution < 1.29 is 0 Å². The van der Waals surface area contributed by atoms with Gasteiger partial charge in [-0.05, 0) is 43.2 Å². The normalized spacial score (nSPS) is 15.9. The Balaban J connectivity index is 1.42. The molecule has 0 radical (unpaired) electrons. The number of fused-ring (bicyclic) bond motifs is 3. The summed E-state index contributed by atoms with van der Waals surface area (Å²) < 4.78 is 1.91. The molecule has 1 saturated heterocycles. The van der Waals surface area contributed by atoms with Gasteiger partial charge < -0.3 is 4.90 Å². The number of benzene rings is 2. The Labute approximate surface area is 174 Å². The number of para-hydroxylation sites is 1. The fraction of sp³-hybridized carbons (Fsp3) is 0.318. The Hall–Kier alpha value is -2.70. The summed E-state index contributed by atoms with van der Waals surface area (Å²) in [6, 6.07) is 16.3. The molecule has 1 fully saturated rings. The quantitative estimate of drug-likeness (QED) is 0.515. The summed E-state index contributed by atoms with van der Waals surface area (Å²) in [5.74, 6) is 1.65. The summed E-state index contributed by atoms with van der Waals surface area (Å²) in [6.45, 7) is 6.78. The van der Waals surface area contributed by atoms with Gasteiger partial charge in [-0.3, -0.25) is 4.90 Å². The van der Waals surface area contributed by atoms with Crippen LogP contribution in [0.1, 0.15) is 17.8 Å². The van der Waals surface area contributed by atoms with E-state index in [1.165, 1.54) is 5.56 Å². The van der Waals surface area contributed by atoms with E-state index in [1.807, 2.05) is 41.8 Å². The Kier molecular flexibility index (Phi) is 4.81. The lowest BCUT2D eigenvalue weighted by molar-refractivity contribution is 0.285. The third kappa shape index (κ3) is 3.66. The van der Waals surface area contributed by atoms with Crippen LogP contribution in [0.15, 0.2) is 48.5 Å². The van der Waals surface area contributed by atoms with Gasteiger partial charge in [-0.15, -0.1) is 5.10 Å². The van der Waals surface area contributed by atoms with Crippen LogP contribution in [0.25, 0.3) is 16.6 Å². The van der Waals surface area contributed by atoms with E-state index in [0.29, 0.717) is 0 Å². The Morgan fingerprint density at radius 2 is 1.76 bits per heavy atom. The minimum Gasteiger partial charge on any atom is -0.339 e. The first-order valence-electron chi connectivity index (χ1n) is 10.0. The summed E-state index contributed by atoms with van der Waals surface area (Å²) in [7, 11) is 0. The van der Waals surface area contributed by atoms with Crippen LogP contribution in [0, 0.1) is 6.92 Å². The molecule has 0 amide bonds. The molecule has 5 rings (SSSR count). The first-order valence-corrected chi connectivity index (χ1v) is 10.4. The van der Waals surface area contributed by atoms with Crippen LogP contribution in [0.4, 0.5) is 5.95 Å². The second kappa shape index (κ2) is 7.61. The SMILES string of the molecule is Cc1nc2c3ccccc3nc(N3CCCN(Cc4ccc(Cl)cc4)CC3)n2n1. The second-order valence-electron chi connectivity index (χ2n) is 7.57. The van der Waals surface area contributed by atoms with Gasteiger partial charge in [-0.25, -0.2) is 9.97 Å². The zero-order chi connectivity index (χ0) is 19.8. The topological polar surface area (TPSA) is 49.6 Å². The van der Waals surface area contributed by atoms with Gasteiger partial charge in [0.2, 0.25) is 5.95 Å². The molecular weight excluding hydrogens is 384 g/mol. The maximum atomic E-state index is 6.02. The molecule has 7 heteroatoms. The fourth-order valence-electron chi connectivity index (χ4n) is 4.03. The minimum atomic E-state index is 0.767. The van der Waals surface area contributed by atoms with Gasteiger partial charge in [-0.1, -0.05) is 35.9 Å². The van der Waals surface area contributed by atoms with Crippen LogP contribution in [-0.2, 0) is 6.54 Å². The summed E-state index contributed by atoms with van der Waals surface area (Å²) in [5, 5.41) is 6.46. The van der Waals surface area contributed by atoms with E-state index >= 15 is 0 Å². The highest BCUT2D eigenvalue weighted by Crippen LogP contribution is 2.24. The average molecular weight is 407 g/mol. The van der Waals surface area contributed by atoms with Crippen LogP contribution in [-0.4, -0.2) is 50.7 Å². The molecule has 0 N–H and O–H groups in total. The van der Waals surface area contributed by atoms with Gasteiger partial charge in [0.25, 0.3) is 0 Å². The monoisotopic (exact) mass is 406 g/mol. The lowest BCUT2D eigenvalue weighted by Gasteiger charge is -2.23.